The number of amides is 1. The summed E-state index contributed by atoms with van der Waals surface area (Å²) in [6, 6.07) is 12.1. The minimum atomic E-state index is -0.0990. The van der Waals surface area contributed by atoms with Gasteiger partial charge in [-0.25, -0.2) is 4.68 Å². The van der Waals surface area contributed by atoms with Crippen molar-refractivity contribution in [3.05, 3.63) is 36.4 Å². The zero-order valence-electron chi connectivity index (χ0n) is 10.1. The molecule has 0 unspecified atom stereocenters. The molecular weight excluding hydrogens is 228 g/mol. The summed E-state index contributed by atoms with van der Waals surface area (Å²) in [4.78, 5) is 13.2. The average Bonchev–Trinajstić information content (AvgIpc) is 2.88. The zero-order valence-corrected chi connectivity index (χ0v) is 10.1. The van der Waals surface area contributed by atoms with Crippen molar-refractivity contribution in [3.8, 4) is 0 Å². The van der Waals surface area contributed by atoms with Gasteiger partial charge in [0, 0.05) is 25.2 Å². The van der Waals surface area contributed by atoms with Crippen LogP contribution in [-0.4, -0.2) is 22.2 Å². The Hall–Kier alpha value is -2.30. The van der Waals surface area contributed by atoms with E-state index in [1.54, 1.807) is 0 Å². The van der Waals surface area contributed by atoms with Crippen molar-refractivity contribution in [1.82, 2.24) is 9.78 Å². The number of para-hydroxylation sites is 1. The summed E-state index contributed by atoms with van der Waals surface area (Å²) >= 11 is 0. The Balaban J connectivity index is 1.92. The van der Waals surface area contributed by atoms with Crippen molar-refractivity contribution in [2.24, 2.45) is 0 Å². The van der Waals surface area contributed by atoms with E-state index in [0.717, 1.165) is 24.6 Å². The highest BCUT2D eigenvalue weighted by molar-refractivity contribution is 5.88. The maximum absolute atomic E-state index is 11.0. The highest BCUT2D eigenvalue weighted by Gasteiger charge is 2.22. The minimum absolute atomic E-state index is 0.0990. The van der Waals surface area contributed by atoms with E-state index in [-0.39, 0.29) is 5.91 Å². The molecule has 0 saturated heterocycles. The first-order valence-electron chi connectivity index (χ1n) is 5.92. The summed E-state index contributed by atoms with van der Waals surface area (Å²) in [5.74, 6) is 1.53. The molecule has 1 aliphatic rings. The second-order valence-electron chi connectivity index (χ2n) is 4.28. The Morgan fingerprint density at radius 3 is 2.78 bits per heavy atom. The first-order valence-corrected chi connectivity index (χ1v) is 5.92. The Bertz CT molecular complexity index is 576. The molecule has 1 aromatic heterocycles. The number of anilines is 3. The molecule has 5 nitrogen and oxygen atoms in total. The van der Waals surface area contributed by atoms with Crippen LogP contribution in [0.1, 0.15) is 6.92 Å². The lowest BCUT2D eigenvalue weighted by Gasteiger charge is -2.16. The lowest BCUT2D eigenvalue weighted by atomic mass is 10.3. The molecule has 5 heteroatoms. The van der Waals surface area contributed by atoms with Crippen molar-refractivity contribution in [2.75, 3.05) is 16.8 Å². The molecule has 3 rings (SSSR count). The molecule has 0 aliphatic carbocycles. The van der Waals surface area contributed by atoms with Gasteiger partial charge in [0.1, 0.15) is 5.82 Å². The molecule has 0 spiro atoms. The molecule has 1 aromatic carbocycles. The summed E-state index contributed by atoms with van der Waals surface area (Å²) in [7, 11) is 0. The van der Waals surface area contributed by atoms with E-state index in [1.165, 1.54) is 6.92 Å². The smallest absolute Gasteiger partial charge is 0.222 e. The second kappa shape index (κ2) is 4.18. The number of carbonyl (C=O) groups excluding carboxylic acids is 1. The Kier molecular flexibility index (Phi) is 2.51. The van der Waals surface area contributed by atoms with Gasteiger partial charge in [0.2, 0.25) is 5.91 Å². The summed E-state index contributed by atoms with van der Waals surface area (Å²) in [5, 5.41) is 7.06. The number of hydrogen-bond acceptors (Lipinski definition) is 3. The van der Waals surface area contributed by atoms with Gasteiger partial charge in [-0.05, 0) is 12.1 Å². The van der Waals surface area contributed by atoms with Crippen LogP contribution in [0.15, 0.2) is 36.4 Å². The molecule has 2 aromatic rings. The first-order chi connectivity index (χ1) is 8.74. The van der Waals surface area contributed by atoms with Crippen molar-refractivity contribution in [1.29, 1.82) is 0 Å². The fourth-order valence-corrected chi connectivity index (χ4v) is 2.21. The summed E-state index contributed by atoms with van der Waals surface area (Å²) in [5.41, 5.74) is 1.14. The summed E-state index contributed by atoms with van der Waals surface area (Å²) in [6.45, 7) is 3.23. The highest BCUT2D eigenvalue weighted by atomic mass is 16.1. The molecule has 1 amide bonds. The van der Waals surface area contributed by atoms with Crippen LogP contribution in [0.5, 0.6) is 0 Å². The van der Waals surface area contributed by atoms with Crippen LogP contribution < -0.4 is 10.2 Å². The Labute approximate surface area is 105 Å². The number of rotatable bonds is 2. The third-order valence-corrected chi connectivity index (χ3v) is 2.94. The van der Waals surface area contributed by atoms with Gasteiger partial charge >= 0.3 is 0 Å². The lowest BCUT2D eigenvalue weighted by Crippen LogP contribution is -2.13. The number of carbonyl (C=O) groups is 1. The van der Waals surface area contributed by atoms with E-state index < -0.39 is 0 Å². The van der Waals surface area contributed by atoms with Gasteiger partial charge in [-0.15, -0.1) is 0 Å². The van der Waals surface area contributed by atoms with Crippen molar-refractivity contribution in [2.45, 2.75) is 13.5 Å². The maximum Gasteiger partial charge on any atom is 0.222 e. The van der Waals surface area contributed by atoms with Gasteiger partial charge in [-0.1, -0.05) is 18.2 Å². The van der Waals surface area contributed by atoms with Gasteiger partial charge in [0.05, 0.1) is 6.54 Å². The quantitative estimate of drug-likeness (QED) is 0.876. The summed E-state index contributed by atoms with van der Waals surface area (Å²) in [6.07, 6.45) is 0. The molecule has 0 saturated carbocycles. The zero-order chi connectivity index (χ0) is 12.5. The molecular formula is C13H14N4O. The minimum Gasteiger partial charge on any atom is -0.325 e. The largest absolute Gasteiger partial charge is 0.325 e. The van der Waals surface area contributed by atoms with E-state index in [1.807, 2.05) is 28.9 Å². The molecule has 0 atom stereocenters. The summed E-state index contributed by atoms with van der Waals surface area (Å²) < 4.78 is 1.91. The van der Waals surface area contributed by atoms with Gasteiger partial charge in [0.25, 0.3) is 0 Å². The van der Waals surface area contributed by atoms with Crippen molar-refractivity contribution in [3.63, 3.8) is 0 Å². The van der Waals surface area contributed by atoms with Crippen LogP contribution in [0.3, 0.4) is 0 Å². The Morgan fingerprint density at radius 2 is 2.06 bits per heavy atom. The van der Waals surface area contributed by atoms with E-state index in [4.69, 9.17) is 0 Å². The molecule has 1 N–H and O–H groups in total. The third kappa shape index (κ3) is 1.84. The van der Waals surface area contributed by atoms with Crippen LogP contribution in [0.25, 0.3) is 0 Å². The van der Waals surface area contributed by atoms with Gasteiger partial charge in [-0.2, -0.15) is 5.10 Å². The van der Waals surface area contributed by atoms with Gasteiger partial charge < -0.3 is 10.2 Å². The predicted octanol–water partition coefficient (Wildman–Crippen LogP) is 1.99. The number of aromatic nitrogens is 2. The van der Waals surface area contributed by atoms with Crippen LogP contribution in [0.4, 0.5) is 17.3 Å². The first kappa shape index (κ1) is 10.8. The Morgan fingerprint density at radius 1 is 1.28 bits per heavy atom. The van der Waals surface area contributed by atoms with Crippen molar-refractivity contribution < 1.29 is 4.79 Å². The van der Waals surface area contributed by atoms with Crippen LogP contribution in [0, 0.1) is 0 Å². The van der Waals surface area contributed by atoms with E-state index in [2.05, 4.69) is 27.4 Å². The predicted molar refractivity (Wildman–Crippen MR) is 70.0 cm³/mol. The number of hydrogen-bond donors (Lipinski definition) is 1. The van der Waals surface area contributed by atoms with Crippen LogP contribution in [-0.2, 0) is 11.3 Å². The average molecular weight is 242 g/mol. The van der Waals surface area contributed by atoms with E-state index >= 15 is 0 Å². The molecule has 0 radical (unpaired) electrons. The number of fused-ring (bicyclic) bond motifs is 1. The molecule has 92 valence electrons. The molecule has 1 aliphatic heterocycles. The van der Waals surface area contributed by atoms with Gasteiger partial charge in [0.15, 0.2) is 5.82 Å². The number of nitrogens with one attached hydrogen (secondary N) is 1. The monoisotopic (exact) mass is 242 g/mol. The fraction of sp³-hybridized carbons (Fsp3) is 0.231. The number of benzene rings is 1. The van der Waals surface area contributed by atoms with Gasteiger partial charge in [-0.3, -0.25) is 4.79 Å². The van der Waals surface area contributed by atoms with Crippen LogP contribution >= 0.6 is 0 Å². The van der Waals surface area contributed by atoms with E-state index in [0.29, 0.717) is 5.82 Å². The SMILES string of the molecule is CC(=O)Nc1cc2n(n1)CCN2c1ccccc1. The van der Waals surface area contributed by atoms with Crippen molar-refractivity contribution >= 4 is 23.2 Å². The third-order valence-electron chi connectivity index (χ3n) is 2.94. The molecule has 0 bridgehead atoms. The fourth-order valence-electron chi connectivity index (χ4n) is 2.21. The molecule has 2 heterocycles. The molecule has 0 fully saturated rings. The van der Waals surface area contributed by atoms with E-state index in [9.17, 15) is 4.79 Å². The molecule has 18 heavy (non-hydrogen) atoms. The lowest BCUT2D eigenvalue weighted by molar-refractivity contribution is -0.114. The van der Waals surface area contributed by atoms with Crippen LogP contribution in [0.2, 0.25) is 0 Å². The second-order valence-corrected chi connectivity index (χ2v) is 4.28. The maximum atomic E-state index is 11.0. The number of nitrogens with zero attached hydrogens (tertiary/aromatic N) is 3. The highest BCUT2D eigenvalue weighted by Crippen LogP contribution is 2.31. The normalized spacial score (nSPS) is 13.5. The standard InChI is InChI=1S/C13H14N4O/c1-10(18)14-12-9-13-16(7-8-17(13)15-12)11-5-3-2-4-6-11/h2-6,9H,7-8H2,1H3,(H,14,15,18). The topological polar surface area (TPSA) is 50.2 Å².